The lowest BCUT2D eigenvalue weighted by atomic mass is 10.3. The third kappa shape index (κ3) is 3.11. The largest absolute Gasteiger partial charge is 0.305 e. The van der Waals surface area contributed by atoms with Crippen LogP contribution in [-0.4, -0.2) is 9.97 Å². The highest BCUT2D eigenvalue weighted by Crippen LogP contribution is 2.03. The van der Waals surface area contributed by atoms with E-state index in [0.29, 0.717) is 0 Å². The highest BCUT2D eigenvalue weighted by Gasteiger charge is 1.96. The number of hydrogen-bond donors (Lipinski definition) is 1. The van der Waals surface area contributed by atoms with Gasteiger partial charge in [0.15, 0.2) is 0 Å². The zero-order valence-electron chi connectivity index (χ0n) is 8.60. The van der Waals surface area contributed by atoms with Gasteiger partial charge in [0, 0.05) is 30.4 Å². The molecule has 0 aliphatic rings. The van der Waals surface area contributed by atoms with Crippen molar-refractivity contribution in [2.45, 2.75) is 20.0 Å². The molecule has 2 rings (SSSR count). The van der Waals surface area contributed by atoms with Crippen LogP contribution in [-0.2, 0) is 13.1 Å². The van der Waals surface area contributed by atoms with Crippen LogP contribution in [0.3, 0.4) is 0 Å². The number of aryl methyl sites for hydroxylation is 1. The van der Waals surface area contributed by atoms with Gasteiger partial charge in [-0.15, -0.1) is 11.3 Å². The van der Waals surface area contributed by atoms with Crippen molar-refractivity contribution >= 4 is 11.3 Å². The quantitative estimate of drug-likeness (QED) is 0.856. The van der Waals surface area contributed by atoms with E-state index in [1.165, 1.54) is 0 Å². The van der Waals surface area contributed by atoms with E-state index in [9.17, 15) is 0 Å². The van der Waals surface area contributed by atoms with Gasteiger partial charge in [-0.2, -0.15) is 0 Å². The van der Waals surface area contributed by atoms with Crippen molar-refractivity contribution in [3.8, 4) is 0 Å². The molecule has 78 valence electrons. The summed E-state index contributed by atoms with van der Waals surface area (Å²) < 4.78 is 0. The minimum atomic E-state index is 0.793. The van der Waals surface area contributed by atoms with Crippen molar-refractivity contribution in [1.29, 1.82) is 0 Å². The molecule has 0 amide bonds. The Morgan fingerprint density at radius 2 is 2.27 bits per heavy atom. The van der Waals surface area contributed by atoms with Gasteiger partial charge in [-0.3, -0.25) is 4.98 Å². The normalized spacial score (nSPS) is 10.5. The van der Waals surface area contributed by atoms with Gasteiger partial charge in [0.2, 0.25) is 0 Å². The maximum atomic E-state index is 4.41. The molecule has 0 atom stereocenters. The molecule has 0 bridgehead atoms. The van der Waals surface area contributed by atoms with Gasteiger partial charge in [-0.25, -0.2) is 4.98 Å². The summed E-state index contributed by atoms with van der Waals surface area (Å²) >= 11 is 1.67. The first kappa shape index (κ1) is 10.3. The Bertz CT molecular complexity index is 412. The first-order chi connectivity index (χ1) is 7.34. The fraction of sp³-hybridized carbons (Fsp3) is 0.273. The average Bonchev–Trinajstić information content (AvgIpc) is 2.71. The molecule has 0 saturated heterocycles. The topological polar surface area (TPSA) is 37.8 Å². The molecule has 0 aromatic carbocycles. The molecule has 0 saturated carbocycles. The van der Waals surface area contributed by atoms with Crippen LogP contribution in [0.5, 0.6) is 0 Å². The monoisotopic (exact) mass is 219 g/mol. The predicted octanol–water partition coefficient (Wildman–Crippen LogP) is 2.14. The standard InChI is InChI=1S/C11H13N3S/c1-9-3-2-4-10(14-9)7-12-8-11-13-5-6-15-11/h2-6,12H,7-8H2,1H3. The lowest BCUT2D eigenvalue weighted by Gasteiger charge is -2.02. The van der Waals surface area contributed by atoms with Gasteiger partial charge in [-0.1, -0.05) is 6.07 Å². The molecular weight excluding hydrogens is 206 g/mol. The number of rotatable bonds is 4. The molecule has 2 aromatic rings. The van der Waals surface area contributed by atoms with Crippen molar-refractivity contribution in [3.63, 3.8) is 0 Å². The minimum absolute atomic E-state index is 0.793. The highest BCUT2D eigenvalue weighted by molar-refractivity contribution is 7.09. The summed E-state index contributed by atoms with van der Waals surface area (Å²) in [7, 11) is 0. The SMILES string of the molecule is Cc1cccc(CNCc2nccs2)n1. The molecule has 15 heavy (non-hydrogen) atoms. The zero-order chi connectivity index (χ0) is 10.5. The van der Waals surface area contributed by atoms with Crippen molar-refractivity contribution in [1.82, 2.24) is 15.3 Å². The third-order valence-electron chi connectivity index (χ3n) is 2.01. The van der Waals surface area contributed by atoms with E-state index in [-0.39, 0.29) is 0 Å². The van der Waals surface area contributed by atoms with E-state index in [1.54, 1.807) is 11.3 Å². The second-order valence-electron chi connectivity index (χ2n) is 3.30. The van der Waals surface area contributed by atoms with E-state index in [2.05, 4.69) is 15.3 Å². The molecule has 3 nitrogen and oxygen atoms in total. The third-order valence-corrected chi connectivity index (χ3v) is 2.79. The van der Waals surface area contributed by atoms with Crippen LogP contribution >= 0.6 is 11.3 Å². The summed E-state index contributed by atoms with van der Waals surface area (Å²) in [6.07, 6.45) is 1.83. The molecule has 0 fully saturated rings. The summed E-state index contributed by atoms with van der Waals surface area (Å²) in [4.78, 5) is 8.61. The summed E-state index contributed by atoms with van der Waals surface area (Å²) in [5.41, 5.74) is 2.13. The molecule has 0 spiro atoms. The number of pyridine rings is 1. The lowest BCUT2D eigenvalue weighted by Crippen LogP contribution is -2.13. The number of nitrogens with zero attached hydrogens (tertiary/aromatic N) is 2. The van der Waals surface area contributed by atoms with E-state index >= 15 is 0 Å². The highest BCUT2D eigenvalue weighted by atomic mass is 32.1. The van der Waals surface area contributed by atoms with Gasteiger partial charge < -0.3 is 5.32 Å². The number of nitrogens with one attached hydrogen (secondary N) is 1. The fourth-order valence-electron chi connectivity index (χ4n) is 1.34. The van der Waals surface area contributed by atoms with Gasteiger partial charge in [0.25, 0.3) is 0 Å². The Hall–Kier alpha value is -1.26. The zero-order valence-corrected chi connectivity index (χ0v) is 9.42. The van der Waals surface area contributed by atoms with Crippen molar-refractivity contribution in [3.05, 3.63) is 46.2 Å². The first-order valence-corrected chi connectivity index (χ1v) is 5.74. The van der Waals surface area contributed by atoms with Crippen LogP contribution in [0.1, 0.15) is 16.4 Å². The lowest BCUT2D eigenvalue weighted by molar-refractivity contribution is 0.675. The van der Waals surface area contributed by atoms with Crippen molar-refractivity contribution < 1.29 is 0 Å². The van der Waals surface area contributed by atoms with Crippen LogP contribution in [0.15, 0.2) is 29.8 Å². The second-order valence-corrected chi connectivity index (χ2v) is 4.28. The van der Waals surface area contributed by atoms with Gasteiger partial charge in [-0.05, 0) is 19.1 Å². The van der Waals surface area contributed by atoms with Crippen LogP contribution in [0.25, 0.3) is 0 Å². The second kappa shape index (κ2) is 5.00. The van der Waals surface area contributed by atoms with E-state index < -0.39 is 0 Å². The molecule has 0 radical (unpaired) electrons. The maximum absolute atomic E-state index is 4.41. The van der Waals surface area contributed by atoms with Gasteiger partial charge >= 0.3 is 0 Å². The van der Waals surface area contributed by atoms with Gasteiger partial charge in [0.05, 0.1) is 5.69 Å². The minimum Gasteiger partial charge on any atom is -0.305 e. The Kier molecular flexibility index (Phi) is 3.42. The molecule has 1 N–H and O–H groups in total. The molecule has 0 aliphatic carbocycles. The van der Waals surface area contributed by atoms with Gasteiger partial charge in [0.1, 0.15) is 5.01 Å². The Labute approximate surface area is 93.2 Å². The molecule has 2 heterocycles. The average molecular weight is 219 g/mol. The predicted molar refractivity (Wildman–Crippen MR) is 61.6 cm³/mol. The number of hydrogen-bond acceptors (Lipinski definition) is 4. The number of thiazole rings is 1. The molecule has 0 unspecified atom stereocenters. The van der Waals surface area contributed by atoms with Crippen molar-refractivity contribution in [2.24, 2.45) is 0 Å². The summed E-state index contributed by atoms with van der Waals surface area (Å²) in [5, 5.41) is 6.42. The maximum Gasteiger partial charge on any atom is 0.106 e. The van der Waals surface area contributed by atoms with Crippen LogP contribution in [0, 0.1) is 6.92 Å². The van der Waals surface area contributed by atoms with E-state index in [0.717, 1.165) is 29.5 Å². The van der Waals surface area contributed by atoms with Crippen LogP contribution in [0.2, 0.25) is 0 Å². The smallest absolute Gasteiger partial charge is 0.106 e. The van der Waals surface area contributed by atoms with Crippen LogP contribution in [0.4, 0.5) is 0 Å². The van der Waals surface area contributed by atoms with E-state index in [4.69, 9.17) is 0 Å². The molecule has 4 heteroatoms. The molecule has 2 aromatic heterocycles. The Morgan fingerprint density at radius 1 is 1.33 bits per heavy atom. The fourth-order valence-corrected chi connectivity index (χ4v) is 1.92. The number of aromatic nitrogens is 2. The Balaban J connectivity index is 1.83. The van der Waals surface area contributed by atoms with Crippen LogP contribution < -0.4 is 5.32 Å². The summed E-state index contributed by atoms with van der Waals surface area (Å²) in [6.45, 7) is 3.61. The van der Waals surface area contributed by atoms with Crippen molar-refractivity contribution in [2.75, 3.05) is 0 Å². The van der Waals surface area contributed by atoms with E-state index in [1.807, 2.05) is 36.7 Å². The summed E-state index contributed by atoms with van der Waals surface area (Å²) in [6, 6.07) is 6.06. The first-order valence-electron chi connectivity index (χ1n) is 4.86. The molecular formula is C11H13N3S. The Morgan fingerprint density at radius 3 is 3.00 bits per heavy atom. The molecule has 0 aliphatic heterocycles. The summed E-state index contributed by atoms with van der Waals surface area (Å²) in [5.74, 6) is 0.